The van der Waals surface area contributed by atoms with E-state index in [9.17, 15) is 0 Å². The molecule has 2 heterocycles. The van der Waals surface area contributed by atoms with Gasteiger partial charge in [-0.05, 0) is 30.3 Å². The van der Waals surface area contributed by atoms with Gasteiger partial charge < -0.3 is 16.9 Å². The molecule has 0 unspecified atom stereocenters. The van der Waals surface area contributed by atoms with Crippen LogP contribution in [0.2, 0.25) is 5.02 Å². The molecule has 2 aromatic carbocycles. The number of hydrazone groups is 1. The molecule has 0 radical (unpaired) electrons. The lowest BCUT2D eigenvalue weighted by Crippen LogP contribution is -2.15. The second kappa shape index (κ2) is 6.50. The second-order valence-electron chi connectivity index (χ2n) is 5.76. The molecule has 2 aromatic heterocycles. The average Bonchev–Trinajstić information content (AvgIpc) is 2.67. The fraction of sp³-hybridized carbons (Fsp3) is 0. The van der Waals surface area contributed by atoms with Crippen LogP contribution in [0.5, 0.6) is 0 Å². The maximum absolute atomic E-state index is 6.09. The van der Waals surface area contributed by atoms with E-state index in [4.69, 9.17) is 28.2 Å². The Labute approximate surface area is 154 Å². The molecule has 0 aliphatic heterocycles. The highest BCUT2D eigenvalue weighted by atomic mass is 35.5. The van der Waals surface area contributed by atoms with Gasteiger partial charge in [-0.3, -0.25) is 4.98 Å². The van der Waals surface area contributed by atoms with E-state index in [1.54, 1.807) is 6.20 Å². The van der Waals surface area contributed by atoms with Gasteiger partial charge in [-0.25, -0.2) is 4.98 Å². The largest absolute Gasteiger partial charge is 0.382 e. The fourth-order valence-electron chi connectivity index (χ4n) is 2.88. The minimum atomic E-state index is 0.254. The molecule has 0 saturated heterocycles. The van der Waals surface area contributed by atoms with E-state index in [1.807, 2.05) is 54.7 Å². The molecule has 0 amide bonds. The van der Waals surface area contributed by atoms with Crippen LogP contribution < -0.4 is 16.9 Å². The monoisotopic (exact) mass is 362 g/mol. The van der Waals surface area contributed by atoms with Crippen molar-refractivity contribution in [3.63, 3.8) is 0 Å². The number of nitrogens with two attached hydrogens (primary N) is 2. The summed E-state index contributed by atoms with van der Waals surface area (Å²) < 4.78 is 0. The lowest BCUT2D eigenvalue weighted by Gasteiger charge is -2.12. The van der Waals surface area contributed by atoms with Crippen molar-refractivity contribution in [3.8, 4) is 0 Å². The quantitative estimate of drug-likeness (QED) is 0.169. The molecule has 0 aliphatic carbocycles. The average molecular weight is 363 g/mol. The summed E-state index contributed by atoms with van der Waals surface area (Å²) in [7, 11) is 0. The van der Waals surface area contributed by atoms with Gasteiger partial charge in [-0.1, -0.05) is 29.8 Å². The summed E-state index contributed by atoms with van der Waals surface area (Å²) >= 11 is 6.09. The minimum absolute atomic E-state index is 0.254. The van der Waals surface area contributed by atoms with Crippen LogP contribution in [0.25, 0.3) is 21.7 Å². The molecule has 0 atom stereocenters. The van der Waals surface area contributed by atoms with Crippen LogP contribution in [0.15, 0.2) is 66.0 Å². The van der Waals surface area contributed by atoms with Crippen LogP contribution in [0.1, 0.15) is 5.56 Å². The van der Waals surface area contributed by atoms with Crippen molar-refractivity contribution in [2.75, 3.05) is 5.32 Å². The van der Waals surface area contributed by atoms with Gasteiger partial charge in [0.15, 0.2) is 0 Å². The van der Waals surface area contributed by atoms with E-state index >= 15 is 0 Å². The van der Waals surface area contributed by atoms with Gasteiger partial charge in [0.2, 0.25) is 0 Å². The molecule has 0 bridgehead atoms. The SMILES string of the molecule is N/N=C(\N)c1ccc2c(c1)nc(Nc1cccc(Cl)c1)c1ccncc12. The molecule has 5 N–H and O–H groups in total. The molecule has 7 heteroatoms. The van der Waals surface area contributed by atoms with Gasteiger partial charge >= 0.3 is 0 Å². The fourth-order valence-corrected chi connectivity index (χ4v) is 3.07. The van der Waals surface area contributed by atoms with E-state index in [0.29, 0.717) is 16.4 Å². The maximum atomic E-state index is 6.09. The summed E-state index contributed by atoms with van der Waals surface area (Å²) in [6, 6.07) is 15.1. The van der Waals surface area contributed by atoms with Gasteiger partial charge in [0, 0.05) is 44.8 Å². The number of hydrogen-bond donors (Lipinski definition) is 3. The molecule has 0 spiro atoms. The molecule has 0 fully saturated rings. The number of nitrogens with zero attached hydrogens (tertiary/aromatic N) is 3. The summed E-state index contributed by atoms with van der Waals surface area (Å²) in [5.41, 5.74) is 8.16. The number of fused-ring (bicyclic) bond motifs is 3. The van der Waals surface area contributed by atoms with Crippen molar-refractivity contribution in [3.05, 3.63) is 71.5 Å². The predicted octanol–water partition coefficient (Wildman–Crippen LogP) is 3.76. The Balaban J connectivity index is 1.94. The summed E-state index contributed by atoms with van der Waals surface area (Å²) in [5.74, 6) is 6.25. The highest BCUT2D eigenvalue weighted by Gasteiger charge is 2.10. The van der Waals surface area contributed by atoms with E-state index < -0.39 is 0 Å². The Hall–Kier alpha value is -3.38. The Kier molecular flexibility index (Phi) is 4.02. The van der Waals surface area contributed by atoms with Crippen molar-refractivity contribution in [2.45, 2.75) is 0 Å². The van der Waals surface area contributed by atoms with Crippen molar-refractivity contribution < 1.29 is 0 Å². The summed E-state index contributed by atoms with van der Waals surface area (Å²) in [6.45, 7) is 0. The first-order valence-electron chi connectivity index (χ1n) is 7.89. The first-order chi connectivity index (χ1) is 12.7. The van der Waals surface area contributed by atoms with Crippen molar-refractivity contribution >= 4 is 50.6 Å². The number of anilines is 2. The first-order valence-corrected chi connectivity index (χ1v) is 8.27. The number of nitrogens with one attached hydrogen (secondary N) is 1. The summed E-state index contributed by atoms with van der Waals surface area (Å²) in [5, 5.41) is 10.4. The standard InChI is InChI=1S/C19H15ClN6/c20-12-2-1-3-13(9-12)24-19-15-6-7-23-10-16(15)14-5-4-11(18(21)26-22)8-17(14)25-19/h1-10H,22H2,(H2,21,26)(H,24,25). The van der Waals surface area contributed by atoms with Crippen molar-refractivity contribution in [1.29, 1.82) is 0 Å². The zero-order valence-electron chi connectivity index (χ0n) is 13.6. The molecular formula is C19H15ClN6. The van der Waals surface area contributed by atoms with Gasteiger partial charge in [-0.2, -0.15) is 5.10 Å². The lowest BCUT2D eigenvalue weighted by molar-refractivity contribution is 1.23. The van der Waals surface area contributed by atoms with Gasteiger partial charge in [0.1, 0.15) is 11.7 Å². The molecule has 26 heavy (non-hydrogen) atoms. The predicted molar refractivity (Wildman–Crippen MR) is 107 cm³/mol. The number of rotatable bonds is 3. The molecule has 0 aliphatic rings. The lowest BCUT2D eigenvalue weighted by atomic mass is 10.1. The normalized spacial score (nSPS) is 11.8. The minimum Gasteiger partial charge on any atom is -0.382 e. The number of amidine groups is 1. The maximum Gasteiger partial charge on any atom is 0.150 e. The Morgan fingerprint density at radius 1 is 1.04 bits per heavy atom. The first kappa shape index (κ1) is 16.1. The van der Waals surface area contributed by atoms with E-state index in [2.05, 4.69) is 15.4 Å². The highest BCUT2D eigenvalue weighted by molar-refractivity contribution is 6.30. The third-order valence-electron chi connectivity index (χ3n) is 4.12. The summed E-state index contributed by atoms with van der Waals surface area (Å²) in [6.07, 6.45) is 3.56. The van der Waals surface area contributed by atoms with Crippen molar-refractivity contribution in [2.24, 2.45) is 16.7 Å². The Morgan fingerprint density at radius 3 is 2.73 bits per heavy atom. The van der Waals surface area contributed by atoms with Crippen LogP contribution >= 0.6 is 11.6 Å². The molecule has 0 saturated carbocycles. The smallest absolute Gasteiger partial charge is 0.150 e. The van der Waals surface area contributed by atoms with Crippen LogP contribution in [-0.2, 0) is 0 Å². The summed E-state index contributed by atoms with van der Waals surface area (Å²) in [4.78, 5) is 9.03. The number of hydrogen-bond acceptors (Lipinski definition) is 5. The van der Waals surface area contributed by atoms with Crippen LogP contribution in [0, 0.1) is 0 Å². The zero-order chi connectivity index (χ0) is 18.1. The Morgan fingerprint density at radius 2 is 1.92 bits per heavy atom. The molecule has 4 rings (SSSR count). The second-order valence-corrected chi connectivity index (χ2v) is 6.20. The molecule has 6 nitrogen and oxygen atoms in total. The van der Waals surface area contributed by atoms with E-state index in [1.165, 1.54) is 0 Å². The highest BCUT2D eigenvalue weighted by Crippen LogP contribution is 2.31. The molecular weight excluding hydrogens is 348 g/mol. The number of aromatic nitrogens is 2. The number of pyridine rings is 2. The molecule has 4 aromatic rings. The number of halogens is 1. The van der Waals surface area contributed by atoms with Crippen molar-refractivity contribution in [1.82, 2.24) is 9.97 Å². The Bertz CT molecular complexity index is 1160. The van der Waals surface area contributed by atoms with Crippen LogP contribution in [-0.4, -0.2) is 15.8 Å². The van der Waals surface area contributed by atoms with E-state index in [-0.39, 0.29) is 5.84 Å². The van der Waals surface area contributed by atoms with Crippen LogP contribution in [0.3, 0.4) is 0 Å². The van der Waals surface area contributed by atoms with E-state index in [0.717, 1.165) is 27.4 Å². The van der Waals surface area contributed by atoms with Gasteiger partial charge in [0.25, 0.3) is 0 Å². The number of benzene rings is 2. The molecule has 128 valence electrons. The third-order valence-corrected chi connectivity index (χ3v) is 4.35. The van der Waals surface area contributed by atoms with Crippen LogP contribution in [0.4, 0.5) is 11.5 Å². The topological polar surface area (TPSA) is 102 Å². The van der Waals surface area contributed by atoms with Gasteiger partial charge in [0.05, 0.1) is 5.52 Å². The van der Waals surface area contributed by atoms with Gasteiger partial charge in [-0.15, -0.1) is 0 Å². The third kappa shape index (κ3) is 2.87. The zero-order valence-corrected chi connectivity index (χ0v) is 14.4.